The van der Waals surface area contributed by atoms with E-state index in [0.29, 0.717) is 17.4 Å². The fraction of sp³-hybridized carbons (Fsp3) is 0.222. The van der Waals surface area contributed by atoms with Crippen LogP contribution in [0.25, 0.3) is 0 Å². The number of nitrogens with one attached hydrogen (secondary N) is 1. The van der Waals surface area contributed by atoms with Crippen LogP contribution in [0.15, 0.2) is 42.5 Å². The Bertz CT molecular complexity index is 783. The Morgan fingerprint density at radius 1 is 1.20 bits per heavy atom. The number of carbonyl (C=O) groups excluding carboxylic acids is 2. The summed E-state index contributed by atoms with van der Waals surface area (Å²) >= 11 is 1.33. The van der Waals surface area contributed by atoms with E-state index >= 15 is 0 Å². The number of amides is 1. The molecule has 0 spiro atoms. The Kier molecular flexibility index (Phi) is 6.52. The zero-order chi connectivity index (χ0) is 18.4. The van der Waals surface area contributed by atoms with Crippen LogP contribution < -0.4 is 5.32 Å². The van der Waals surface area contributed by atoms with Crippen molar-refractivity contribution in [1.82, 2.24) is 0 Å². The molecule has 1 atom stereocenters. The van der Waals surface area contributed by atoms with Crippen LogP contribution in [0.4, 0.5) is 14.5 Å². The second-order valence-corrected chi connectivity index (χ2v) is 6.59. The van der Waals surface area contributed by atoms with Crippen LogP contribution >= 0.6 is 11.8 Å². The summed E-state index contributed by atoms with van der Waals surface area (Å²) in [5.74, 6) is -1.85. The van der Waals surface area contributed by atoms with Gasteiger partial charge in [0, 0.05) is 11.8 Å². The first kappa shape index (κ1) is 18.9. The van der Waals surface area contributed by atoms with E-state index in [0.717, 1.165) is 11.6 Å². The molecular formula is C18H17F2NO3S. The van der Waals surface area contributed by atoms with Crippen LogP contribution in [0.3, 0.4) is 0 Å². The Hall–Kier alpha value is -2.41. The fourth-order valence-electron chi connectivity index (χ4n) is 2.03. The van der Waals surface area contributed by atoms with Crippen molar-refractivity contribution in [2.75, 3.05) is 12.4 Å². The Morgan fingerprint density at radius 3 is 2.64 bits per heavy atom. The smallest absolute Gasteiger partial charge is 0.337 e. The summed E-state index contributed by atoms with van der Waals surface area (Å²) in [7, 11) is 1.31. The number of benzene rings is 2. The number of rotatable bonds is 6. The number of halogens is 2. The van der Waals surface area contributed by atoms with Gasteiger partial charge in [0.1, 0.15) is 11.6 Å². The van der Waals surface area contributed by atoms with Crippen LogP contribution in [0, 0.1) is 11.6 Å². The van der Waals surface area contributed by atoms with E-state index < -0.39 is 22.9 Å². The molecule has 7 heteroatoms. The van der Waals surface area contributed by atoms with Gasteiger partial charge in [-0.25, -0.2) is 13.6 Å². The minimum atomic E-state index is -0.823. The normalized spacial score (nSPS) is 11.7. The summed E-state index contributed by atoms with van der Waals surface area (Å²) in [6.45, 7) is 1.69. The lowest BCUT2D eigenvalue weighted by Gasteiger charge is -2.13. The van der Waals surface area contributed by atoms with Crippen LogP contribution in [-0.2, 0) is 15.3 Å². The third-order valence-corrected chi connectivity index (χ3v) is 4.62. The predicted molar refractivity (Wildman–Crippen MR) is 93.5 cm³/mol. The minimum Gasteiger partial charge on any atom is -0.465 e. The molecule has 0 fully saturated rings. The van der Waals surface area contributed by atoms with Gasteiger partial charge in [0.05, 0.1) is 23.6 Å². The summed E-state index contributed by atoms with van der Waals surface area (Å²) in [6.07, 6.45) is 0. The Labute approximate surface area is 148 Å². The molecule has 1 amide bonds. The van der Waals surface area contributed by atoms with E-state index in [2.05, 4.69) is 10.1 Å². The maximum Gasteiger partial charge on any atom is 0.337 e. The van der Waals surface area contributed by atoms with E-state index in [1.807, 2.05) is 6.07 Å². The van der Waals surface area contributed by atoms with Gasteiger partial charge in [0.15, 0.2) is 0 Å². The average Bonchev–Trinajstić information content (AvgIpc) is 2.61. The molecule has 4 nitrogen and oxygen atoms in total. The van der Waals surface area contributed by atoms with Crippen molar-refractivity contribution >= 4 is 29.3 Å². The second kappa shape index (κ2) is 8.62. The predicted octanol–water partition coefficient (Wildman–Crippen LogP) is 4.01. The van der Waals surface area contributed by atoms with Crippen LogP contribution in [0.2, 0.25) is 0 Å². The van der Waals surface area contributed by atoms with E-state index in [1.54, 1.807) is 25.1 Å². The summed E-state index contributed by atoms with van der Waals surface area (Å²) in [4.78, 5) is 23.6. The van der Waals surface area contributed by atoms with Gasteiger partial charge in [0.25, 0.3) is 0 Å². The number of anilines is 1. The molecule has 0 bridgehead atoms. The molecule has 1 N–H and O–H groups in total. The first-order chi connectivity index (χ1) is 11.9. The van der Waals surface area contributed by atoms with Crippen molar-refractivity contribution in [3.63, 3.8) is 0 Å². The van der Waals surface area contributed by atoms with Gasteiger partial charge in [-0.05, 0) is 36.8 Å². The summed E-state index contributed by atoms with van der Waals surface area (Å²) in [6, 6.07) is 9.89. The SMILES string of the molecule is COC(=O)c1cccc(CSC(C)C(=O)Nc2ccc(F)cc2F)c1. The van der Waals surface area contributed by atoms with Crippen molar-refractivity contribution in [3.05, 3.63) is 65.2 Å². The summed E-state index contributed by atoms with van der Waals surface area (Å²) in [5, 5.41) is 1.97. The van der Waals surface area contributed by atoms with Crippen LogP contribution in [-0.4, -0.2) is 24.2 Å². The monoisotopic (exact) mass is 365 g/mol. The van der Waals surface area contributed by atoms with Crippen LogP contribution in [0.1, 0.15) is 22.8 Å². The van der Waals surface area contributed by atoms with E-state index in [-0.39, 0.29) is 11.6 Å². The first-order valence-electron chi connectivity index (χ1n) is 7.45. The fourth-order valence-corrected chi connectivity index (χ4v) is 2.86. The average molecular weight is 365 g/mol. The molecule has 0 saturated heterocycles. The molecule has 0 aliphatic rings. The molecule has 25 heavy (non-hydrogen) atoms. The number of carbonyl (C=O) groups is 2. The molecule has 0 aliphatic heterocycles. The summed E-state index contributed by atoms with van der Waals surface area (Å²) < 4.78 is 31.1. The Morgan fingerprint density at radius 2 is 1.96 bits per heavy atom. The molecule has 0 aromatic heterocycles. The first-order valence-corrected chi connectivity index (χ1v) is 8.50. The topological polar surface area (TPSA) is 55.4 Å². The van der Waals surface area contributed by atoms with E-state index in [4.69, 9.17) is 0 Å². The number of ether oxygens (including phenoxy) is 1. The van der Waals surface area contributed by atoms with Crippen molar-refractivity contribution in [2.45, 2.75) is 17.9 Å². The number of hydrogen-bond donors (Lipinski definition) is 1. The molecule has 2 aromatic carbocycles. The number of thioether (sulfide) groups is 1. The van der Waals surface area contributed by atoms with Crippen molar-refractivity contribution in [1.29, 1.82) is 0 Å². The van der Waals surface area contributed by atoms with Crippen LogP contribution in [0.5, 0.6) is 0 Å². The van der Waals surface area contributed by atoms with E-state index in [1.165, 1.54) is 24.9 Å². The number of methoxy groups -OCH3 is 1. The lowest BCUT2D eigenvalue weighted by molar-refractivity contribution is -0.115. The highest BCUT2D eigenvalue weighted by molar-refractivity contribution is 7.99. The lowest BCUT2D eigenvalue weighted by Crippen LogP contribution is -2.23. The highest BCUT2D eigenvalue weighted by Crippen LogP contribution is 2.21. The molecular weight excluding hydrogens is 348 g/mol. The van der Waals surface area contributed by atoms with Gasteiger partial charge >= 0.3 is 5.97 Å². The Balaban J connectivity index is 1.94. The minimum absolute atomic E-state index is 0.0634. The molecule has 1 unspecified atom stereocenters. The zero-order valence-corrected chi connectivity index (χ0v) is 14.5. The maximum absolute atomic E-state index is 13.6. The molecule has 2 rings (SSSR count). The maximum atomic E-state index is 13.6. The van der Waals surface area contributed by atoms with Gasteiger partial charge in [-0.15, -0.1) is 11.8 Å². The molecule has 2 aromatic rings. The molecule has 0 heterocycles. The third kappa shape index (κ3) is 5.29. The van der Waals surface area contributed by atoms with Crippen molar-refractivity contribution in [2.24, 2.45) is 0 Å². The number of hydrogen-bond acceptors (Lipinski definition) is 4. The summed E-state index contributed by atoms with van der Waals surface area (Å²) in [5.41, 5.74) is 1.23. The number of esters is 1. The highest BCUT2D eigenvalue weighted by Gasteiger charge is 2.16. The lowest BCUT2D eigenvalue weighted by atomic mass is 10.1. The standard InChI is InChI=1S/C18H17F2NO3S/c1-11(17(22)21-16-7-6-14(19)9-15(16)20)25-10-12-4-3-5-13(8-12)18(23)24-2/h3-9,11H,10H2,1-2H3,(H,21,22). The van der Waals surface area contributed by atoms with Crippen molar-refractivity contribution < 1.29 is 23.1 Å². The van der Waals surface area contributed by atoms with Gasteiger partial charge in [-0.2, -0.15) is 0 Å². The van der Waals surface area contributed by atoms with Gasteiger partial charge in [0.2, 0.25) is 5.91 Å². The molecule has 132 valence electrons. The molecule has 0 radical (unpaired) electrons. The third-order valence-electron chi connectivity index (χ3n) is 3.41. The highest BCUT2D eigenvalue weighted by atomic mass is 32.2. The molecule has 0 saturated carbocycles. The van der Waals surface area contributed by atoms with Gasteiger partial charge in [-0.3, -0.25) is 4.79 Å². The largest absolute Gasteiger partial charge is 0.465 e. The van der Waals surface area contributed by atoms with Crippen molar-refractivity contribution in [3.8, 4) is 0 Å². The van der Waals surface area contributed by atoms with Gasteiger partial charge in [-0.1, -0.05) is 12.1 Å². The molecule has 0 aliphatic carbocycles. The second-order valence-electron chi connectivity index (χ2n) is 5.26. The zero-order valence-electron chi connectivity index (χ0n) is 13.7. The van der Waals surface area contributed by atoms with Gasteiger partial charge < -0.3 is 10.1 Å². The van der Waals surface area contributed by atoms with E-state index in [9.17, 15) is 18.4 Å². The quantitative estimate of drug-likeness (QED) is 0.786.